The van der Waals surface area contributed by atoms with Gasteiger partial charge in [-0.15, -0.1) is 0 Å². The van der Waals surface area contributed by atoms with Gasteiger partial charge < -0.3 is 33.9 Å². The molecule has 1 aromatic carbocycles. The largest absolute Gasteiger partial charge is 0.494 e. The quantitative estimate of drug-likeness (QED) is 0.476. The first-order chi connectivity index (χ1) is 18.0. The highest BCUT2D eigenvalue weighted by Crippen LogP contribution is 2.33. The molecule has 2 aromatic heterocycles. The lowest BCUT2D eigenvalue weighted by molar-refractivity contribution is -0.169. The molecule has 37 heavy (non-hydrogen) atoms. The van der Waals surface area contributed by atoms with Crippen LogP contribution in [0.4, 0.5) is 26.2 Å². The Balaban J connectivity index is 1.17. The van der Waals surface area contributed by atoms with Crippen LogP contribution in [0.25, 0.3) is 0 Å². The zero-order chi connectivity index (χ0) is 25.8. The fraction of sp³-hybridized carbons (Fsp3) is 0.400. The van der Waals surface area contributed by atoms with Crippen molar-refractivity contribution in [2.45, 2.75) is 25.2 Å². The Hall–Kier alpha value is -3.77. The summed E-state index contributed by atoms with van der Waals surface area (Å²) >= 11 is 0. The molecule has 1 N–H and O–H groups in total. The number of hydrogen-bond acceptors (Lipinski definition) is 10. The number of piperidine rings is 1. The summed E-state index contributed by atoms with van der Waals surface area (Å²) in [4.78, 5) is 15.2. The third-order valence-corrected chi connectivity index (χ3v) is 6.34. The number of halogens is 2. The second-order valence-corrected chi connectivity index (χ2v) is 8.54. The Morgan fingerprint density at radius 2 is 1.59 bits per heavy atom. The molecule has 10 nitrogen and oxygen atoms in total. The molecule has 2 aliphatic heterocycles. The summed E-state index contributed by atoms with van der Waals surface area (Å²) in [5.41, 5.74) is 0.387. The van der Waals surface area contributed by atoms with Crippen molar-refractivity contribution < 1.29 is 32.5 Å². The van der Waals surface area contributed by atoms with Crippen molar-refractivity contribution in [3.8, 4) is 17.2 Å². The van der Waals surface area contributed by atoms with Gasteiger partial charge in [0.05, 0.1) is 57.3 Å². The molecule has 12 heteroatoms. The highest BCUT2D eigenvalue weighted by atomic mass is 19.1. The summed E-state index contributed by atoms with van der Waals surface area (Å²) in [5.74, 6) is -1.01. The van der Waals surface area contributed by atoms with Gasteiger partial charge in [0.2, 0.25) is 5.95 Å². The van der Waals surface area contributed by atoms with Crippen LogP contribution >= 0.6 is 0 Å². The molecule has 196 valence electrons. The van der Waals surface area contributed by atoms with E-state index >= 15 is 0 Å². The van der Waals surface area contributed by atoms with E-state index in [9.17, 15) is 8.78 Å². The van der Waals surface area contributed by atoms with Crippen LogP contribution in [0.15, 0.2) is 36.8 Å². The van der Waals surface area contributed by atoms with E-state index < -0.39 is 24.0 Å². The molecule has 2 fully saturated rings. The predicted octanol–water partition coefficient (Wildman–Crippen LogP) is 3.83. The van der Waals surface area contributed by atoms with Gasteiger partial charge in [0.1, 0.15) is 12.4 Å². The minimum absolute atomic E-state index is 0.145. The molecular formula is C25H27F2N5O5. The zero-order valence-corrected chi connectivity index (χ0v) is 20.5. The van der Waals surface area contributed by atoms with Crippen LogP contribution < -0.4 is 24.4 Å². The fourth-order valence-corrected chi connectivity index (χ4v) is 4.31. The van der Waals surface area contributed by atoms with Gasteiger partial charge in [0, 0.05) is 32.0 Å². The second-order valence-electron chi connectivity index (χ2n) is 8.54. The van der Waals surface area contributed by atoms with Crippen LogP contribution in [0.5, 0.6) is 17.2 Å². The number of rotatable bonds is 8. The van der Waals surface area contributed by atoms with Gasteiger partial charge in [-0.05, 0) is 12.1 Å². The van der Waals surface area contributed by atoms with Crippen LogP contribution in [0.3, 0.4) is 0 Å². The topological polar surface area (TPSA) is 100 Å². The maximum atomic E-state index is 14.5. The molecule has 0 aliphatic carbocycles. The van der Waals surface area contributed by atoms with Crippen molar-refractivity contribution in [3.05, 3.63) is 54.0 Å². The smallest absolute Gasteiger partial charge is 0.227 e. The number of benzene rings is 1. The van der Waals surface area contributed by atoms with Crippen LogP contribution in [0.2, 0.25) is 0 Å². The van der Waals surface area contributed by atoms with E-state index in [-0.39, 0.29) is 22.8 Å². The highest BCUT2D eigenvalue weighted by molar-refractivity contribution is 5.55. The van der Waals surface area contributed by atoms with Crippen LogP contribution in [-0.4, -0.2) is 61.3 Å². The fourth-order valence-electron chi connectivity index (χ4n) is 4.31. The van der Waals surface area contributed by atoms with E-state index in [1.807, 2.05) is 12.1 Å². The highest BCUT2D eigenvalue weighted by Gasteiger charge is 2.40. The summed E-state index contributed by atoms with van der Waals surface area (Å²) in [6.45, 7) is 2.52. The first-order valence-corrected chi connectivity index (χ1v) is 11.8. The van der Waals surface area contributed by atoms with E-state index in [0.29, 0.717) is 24.8 Å². The predicted molar refractivity (Wildman–Crippen MR) is 129 cm³/mol. The number of anilines is 3. The number of nitrogens with zero attached hydrogens (tertiary/aromatic N) is 4. The molecule has 0 amide bonds. The molecule has 5 rings (SSSR count). The molecule has 1 spiro atoms. The molecule has 0 radical (unpaired) electrons. The number of aromatic nitrogens is 3. The van der Waals surface area contributed by atoms with Gasteiger partial charge in [0.15, 0.2) is 34.7 Å². The Morgan fingerprint density at radius 1 is 0.946 bits per heavy atom. The average molecular weight is 516 g/mol. The van der Waals surface area contributed by atoms with Crippen molar-refractivity contribution in [2.24, 2.45) is 0 Å². The maximum absolute atomic E-state index is 14.5. The second kappa shape index (κ2) is 10.7. The van der Waals surface area contributed by atoms with E-state index in [2.05, 4.69) is 25.2 Å². The minimum Gasteiger partial charge on any atom is -0.494 e. The van der Waals surface area contributed by atoms with Crippen molar-refractivity contribution in [2.75, 3.05) is 50.7 Å². The summed E-state index contributed by atoms with van der Waals surface area (Å²) < 4.78 is 56.0. The first kappa shape index (κ1) is 24.9. The normalized spacial score (nSPS) is 16.6. The molecule has 0 atom stereocenters. The Morgan fingerprint density at radius 3 is 2.16 bits per heavy atom. The third kappa shape index (κ3) is 5.35. The minimum atomic E-state index is -0.861. The SMILES string of the molecule is COc1cc(OC)c(F)c(COc2cnc(Nc3ccc(N4CCC5(CC4)OCCO5)nc3)nc2)c1F. The summed E-state index contributed by atoms with van der Waals surface area (Å²) in [5, 5.41) is 3.07. The van der Waals surface area contributed by atoms with E-state index in [1.165, 1.54) is 26.6 Å². The van der Waals surface area contributed by atoms with Crippen molar-refractivity contribution >= 4 is 17.5 Å². The molecule has 0 saturated carbocycles. The molecule has 0 unspecified atom stereocenters. The summed E-state index contributed by atoms with van der Waals surface area (Å²) in [7, 11) is 2.57. The monoisotopic (exact) mass is 515 g/mol. The molecule has 2 aliphatic rings. The standard InChI is InChI=1S/C25H27F2N5O5/c1-33-19-11-20(34-2)23(27)18(22(19)26)15-35-17-13-29-24(30-14-17)31-16-3-4-21(28-12-16)32-7-5-25(6-8-32)36-9-10-37-25/h3-4,11-14H,5-10,15H2,1-2H3,(H,29,30,31). The van der Waals surface area contributed by atoms with Gasteiger partial charge in [-0.3, -0.25) is 0 Å². The van der Waals surface area contributed by atoms with Crippen molar-refractivity contribution in [1.82, 2.24) is 15.0 Å². The zero-order valence-electron chi connectivity index (χ0n) is 20.5. The summed E-state index contributed by atoms with van der Waals surface area (Å²) in [6.07, 6.45) is 6.13. The number of nitrogens with one attached hydrogen (secondary N) is 1. The van der Waals surface area contributed by atoms with Gasteiger partial charge in [-0.1, -0.05) is 0 Å². The maximum Gasteiger partial charge on any atom is 0.227 e. The van der Waals surface area contributed by atoms with Crippen LogP contribution in [-0.2, 0) is 16.1 Å². The van der Waals surface area contributed by atoms with Crippen LogP contribution in [0, 0.1) is 11.6 Å². The average Bonchev–Trinajstić information content (AvgIpc) is 3.38. The van der Waals surface area contributed by atoms with E-state index in [0.717, 1.165) is 37.8 Å². The third-order valence-electron chi connectivity index (χ3n) is 6.34. The van der Waals surface area contributed by atoms with Crippen molar-refractivity contribution in [3.63, 3.8) is 0 Å². The van der Waals surface area contributed by atoms with Crippen LogP contribution in [0.1, 0.15) is 18.4 Å². The number of hydrogen-bond donors (Lipinski definition) is 1. The lowest BCUT2D eigenvalue weighted by Crippen LogP contribution is -2.45. The molecular weight excluding hydrogens is 488 g/mol. The number of methoxy groups -OCH3 is 2. The number of pyridine rings is 1. The first-order valence-electron chi connectivity index (χ1n) is 11.8. The Bertz CT molecular complexity index is 1190. The van der Waals surface area contributed by atoms with E-state index in [1.54, 1.807) is 6.20 Å². The van der Waals surface area contributed by atoms with E-state index in [4.69, 9.17) is 23.7 Å². The molecule has 4 heterocycles. The van der Waals surface area contributed by atoms with Gasteiger partial charge in [-0.2, -0.15) is 0 Å². The lowest BCUT2D eigenvalue weighted by Gasteiger charge is -2.38. The summed E-state index contributed by atoms with van der Waals surface area (Å²) in [6, 6.07) is 4.96. The van der Waals surface area contributed by atoms with Gasteiger partial charge in [-0.25, -0.2) is 23.7 Å². The van der Waals surface area contributed by atoms with Gasteiger partial charge in [0.25, 0.3) is 0 Å². The molecule has 2 saturated heterocycles. The number of ether oxygens (including phenoxy) is 5. The molecule has 0 bridgehead atoms. The molecule has 3 aromatic rings. The Kier molecular flexibility index (Phi) is 7.19. The van der Waals surface area contributed by atoms with Gasteiger partial charge >= 0.3 is 0 Å². The van der Waals surface area contributed by atoms with Crippen molar-refractivity contribution in [1.29, 1.82) is 0 Å². The lowest BCUT2D eigenvalue weighted by atomic mass is 10.0. The Labute approximate surface area is 212 Å².